The zero-order valence-electron chi connectivity index (χ0n) is 9.79. The van der Waals surface area contributed by atoms with Crippen molar-refractivity contribution < 1.29 is 27.4 Å². The van der Waals surface area contributed by atoms with Crippen LogP contribution in [0.15, 0.2) is 24.3 Å². The van der Waals surface area contributed by atoms with Crippen LogP contribution in [0.5, 0.6) is 5.75 Å². The molecule has 6 heteroatoms. The molecule has 3 nitrogen and oxygen atoms in total. The molecule has 0 heterocycles. The highest BCUT2D eigenvalue weighted by Crippen LogP contribution is 2.19. The number of Topliss-reactive ketones (excluding diaryl/α,β-unsaturated/α-hetero) is 1. The van der Waals surface area contributed by atoms with E-state index in [0.717, 1.165) is 0 Å². The lowest BCUT2D eigenvalue weighted by Crippen LogP contribution is -2.15. The fraction of sp³-hybridized carbons (Fsp3) is 0.417. The van der Waals surface area contributed by atoms with E-state index in [-0.39, 0.29) is 12.4 Å². The molecule has 0 atom stereocenters. The van der Waals surface area contributed by atoms with Crippen molar-refractivity contribution in [3.05, 3.63) is 29.8 Å². The Bertz CT molecular complexity index is 402. The van der Waals surface area contributed by atoms with Gasteiger partial charge in [0, 0.05) is 5.56 Å². The first-order valence-electron chi connectivity index (χ1n) is 5.24. The van der Waals surface area contributed by atoms with Crippen molar-refractivity contribution in [3.63, 3.8) is 0 Å². The number of alkyl halides is 3. The van der Waals surface area contributed by atoms with Gasteiger partial charge in [-0.3, -0.25) is 4.79 Å². The summed E-state index contributed by atoms with van der Waals surface area (Å²) in [7, 11) is 1.46. The minimum Gasteiger partial charge on any atom is -0.497 e. The maximum absolute atomic E-state index is 11.8. The summed E-state index contributed by atoms with van der Waals surface area (Å²) in [6.07, 6.45) is -5.32. The summed E-state index contributed by atoms with van der Waals surface area (Å²) >= 11 is 0. The largest absolute Gasteiger partial charge is 0.497 e. The van der Waals surface area contributed by atoms with E-state index in [1.165, 1.54) is 13.2 Å². The van der Waals surface area contributed by atoms with Crippen molar-refractivity contribution in [2.75, 3.05) is 20.3 Å². The number of halogens is 3. The Hall–Kier alpha value is -1.56. The van der Waals surface area contributed by atoms with E-state index >= 15 is 0 Å². The zero-order chi connectivity index (χ0) is 13.6. The molecule has 1 aromatic carbocycles. The van der Waals surface area contributed by atoms with Gasteiger partial charge in [0.15, 0.2) is 5.78 Å². The van der Waals surface area contributed by atoms with Crippen LogP contribution in [-0.4, -0.2) is 32.3 Å². The lowest BCUT2D eigenvalue weighted by molar-refractivity contribution is -0.144. The predicted octanol–water partition coefficient (Wildman–Crippen LogP) is 2.85. The minimum atomic E-state index is -4.26. The Morgan fingerprint density at radius 2 is 2.06 bits per heavy atom. The van der Waals surface area contributed by atoms with Gasteiger partial charge in [0.25, 0.3) is 0 Å². The average molecular weight is 262 g/mol. The van der Waals surface area contributed by atoms with E-state index < -0.39 is 19.2 Å². The van der Waals surface area contributed by atoms with Crippen molar-refractivity contribution >= 4 is 5.78 Å². The molecular formula is C12H13F3O3. The van der Waals surface area contributed by atoms with Crippen LogP contribution >= 0.6 is 0 Å². The summed E-state index contributed by atoms with van der Waals surface area (Å²) in [4.78, 5) is 11.6. The standard InChI is InChI=1S/C12H13F3O3/c1-17-10-4-2-3-9(7-10)11(16)8-18-6-5-12(13,14)15/h2-4,7H,5-6,8H2,1H3. The first-order chi connectivity index (χ1) is 8.42. The second-order valence-corrected chi connectivity index (χ2v) is 3.57. The highest BCUT2D eigenvalue weighted by molar-refractivity contribution is 5.97. The average Bonchev–Trinajstić information content (AvgIpc) is 2.33. The molecular weight excluding hydrogens is 249 g/mol. The van der Waals surface area contributed by atoms with Gasteiger partial charge in [0.2, 0.25) is 0 Å². The fourth-order valence-corrected chi connectivity index (χ4v) is 1.23. The number of ketones is 1. The fourth-order valence-electron chi connectivity index (χ4n) is 1.23. The summed E-state index contributed by atoms with van der Waals surface area (Å²) in [6, 6.07) is 6.36. The third-order valence-electron chi connectivity index (χ3n) is 2.15. The van der Waals surface area contributed by atoms with Crippen LogP contribution in [0, 0.1) is 0 Å². The molecule has 0 radical (unpaired) electrons. The number of hydrogen-bond acceptors (Lipinski definition) is 3. The van der Waals surface area contributed by atoms with E-state index in [0.29, 0.717) is 11.3 Å². The Labute approximate surface area is 103 Å². The first kappa shape index (κ1) is 14.5. The number of rotatable bonds is 6. The molecule has 0 amide bonds. The van der Waals surface area contributed by atoms with Gasteiger partial charge in [0.05, 0.1) is 20.1 Å². The van der Waals surface area contributed by atoms with Crippen LogP contribution in [0.25, 0.3) is 0 Å². The van der Waals surface area contributed by atoms with Gasteiger partial charge in [-0.25, -0.2) is 0 Å². The second kappa shape index (κ2) is 6.39. The molecule has 18 heavy (non-hydrogen) atoms. The number of hydrogen-bond donors (Lipinski definition) is 0. The lowest BCUT2D eigenvalue weighted by atomic mass is 10.1. The smallest absolute Gasteiger partial charge is 0.391 e. The summed E-state index contributed by atoms with van der Waals surface area (Å²) < 4.78 is 45.1. The molecule has 0 unspecified atom stereocenters. The van der Waals surface area contributed by atoms with Crippen LogP contribution in [-0.2, 0) is 4.74 Å². The van der Waals surface area contributed by atoms with Crippen LogP contribution < -0.4 is 4.74 Å². The van der Waals surface area contributed by atoms with E-state index in [9.17, 15) is 18.0 Å². The first-order valence-corrected chi connectivity index (χ1v) is 5.24. The van der Waals surface area contributed by atoms with Crippen LogP contribution in [0.4, 0.5) is 13.2 Å². The van der Waals surface area contributed by atoms with Gasteiger partial charge >= 0.3 is 6.18 Å². The molecule has 0 bridgehead atoms. The molecule has 1 rings (SSSR count). The Morgan fingerprint density at radius 1 is 1.33 bits per heavy atom. The number of ether oxygens (including phenoxy) is 2. The third-order valence-corrected chi connectivity index (χ3v) is 2.15. The van der Waals surface area contributed by atoms with Gasteiger partial charge in [-0.1, -0.05) is 12.1 Å². The molecule has 0 aliphatic rings. The van der Waals surface area contributed by atoms with Crippen LogP contribution in [0.2, 0.25) is 0 Å². The van der Waals surface area contributed by atoms with Crippen molar-refractivity contribution in [1.82, 2.24) is 0 Å². The molecule has 0 aromatic heterocycles. The monoisotopic (exact) mass is 262 g/mol. The maximum Gasteiger partial charge on any atom is 0.391 e. The number of benzene rings is 1. The Balaban J connectivity index is 2.41. The van der Waals surface area contributed by atoms with E-state index in [1.54, 1.807) is 18.2 Å². The lowest BCUT2D eigenvalue weighted by Gasteiger charge is -2.07. The normalized spacial score (nSPS) is 11.3. The molecule has 0 saturated carbocycles. The van der Waals surface area contributed by atoms with E-state index in [4.69, 9.17) is 4.74 Å². The third kappa shape index (κ3) is 5.18. The van der Waals surface area contributed by atoms with Gasteiger partial charge < -0.3 is 9.47 Å². The highest BCUT2D eigenvalue weighted by Gasteiger charge is 2.26. The predicted molar refractivity (Wildman–Crippen MR) is 58.8 cm³/mol. The second-order valence-electron chi connectivity index (χ2n) is 3.57. The minimum absolute atomic E-state index is 0.348. The van der Waals surface area contributed by atoms with Crippen molar-refractivity contribution in [3.8, 4) is 5.75 Å². The maximum atomic E-state index is 11.8. The Kier molecular flexibility index (Phi) is 5.15. The summed E-state index contributed by atoms with van der Waals surface area (Å²) in [5.74, 6) is 0.132. The van der Waals surface area contributed by atoms with Crippen LogP contribution in [0.3, 0.4) is 0 Å². The number of carbonyl (C=O) groups is 1. The van der Waals surface area contributed by atoms with E-state index in [2.05, 4.69) is 4.74 Å². The SMILES string of the molecule is COc1cccc(C(=O)COCCC(F)(F)F)c1. The quantitative estimate of drug-likeness (QED) is 0.584. The van der Waals surface area contributed by atoms with Crippen molar-refractivity contribution in [1.29, 1.82) is 0 Å². The summed E-state index contributed by atoms with van der Waals surface area (Å²) in [6.45, 7) is -0.886. The van der Waals surface area contributed by atoms with Crippen molar-refractivity contribution in [2.45, 2.75) is 12.6 Å². The summed E-state index contributed by atoms with van der Waals surface area (Å²) in [5, 5.41) is 0. The molecule has 0 aliphatic heterocycles. The van der Waals surface area contributed by atoms with Gasteiger partial charge in [-0.2, -0.15) is 13.2 Å². The van der Waals surface area contributed by atoms with Gasteiger partial charge in [-0.15, -0.1) is 0 Å². The molecule has 0 spiro atoms. The molecule has 0 N–H and O–H groups in total. The highest BCUT2D eigenvalue weighted by atomic mass is 19.4. The van der Waals surface area contributed by atoms with Gasteiger partial charge in [0.1, 0.15) is 12.4 Å². The topological polar surface area (TPSA) is 35.5 Å². The van der Waals surface area contributed by atoms with Crippen LogP contribution in [0.1, 0.15) is 16.8 Å². The molecule has 1 aromatic rings. The summed E-state index contributed by atoms with van der Waals surface area (Å²) in [5.41, 5.74) is 0.348. The molecule has 0 saturated heterocycles. The number of methoxy groups -OCH3 is 1. The number of carbonyl (C=O) groups excluding carboxylic acids is 1. The molecule has 0 aliphatic carbocycles. The van der Waals surface area contributed by atoms with Crippen molar-refractivity contribution in [2.24, 2.45) is 0 Å². The Morgan fingerprint density at radius 3 is 2.67 bits per heavy atom. The van der Waals surface area contributed by atoms with Gasteiger partial charge in [-0.05, 0) is 12.1 Å². The molecule has 100 valence electrons. The van der Waals surface area contributed by atoms with E-state index in [1.807, 2.05) is 0 Å². The zero-order valence-corrected chi connectivity index (χ0v) is 9.79. The molecule has 0 fully saturated rings.